The van der Waals surface area contributed by atoms with Gasteiger partial charge in [0.15, 0.2) is 5.96 Å². The van der Waals surface area contributed by atoms with Crippen molar-refractivity contribution in [3.8, 4) is 0 Å². The molecule has 0 saturated heterocycles. The molecule has 0 bridgehead atoms. The zero-order valence-corrected chi connectivity index (χ0v) is 7.91. The second-order valence-electron chi connectivity index (χ2n) is 2.78. The summed E-state index contributed by atoms with van der Waals surface area (Å²) in [7, 11) is 1.73. The minimum atomic E-state index is -0.238. The summed E-state index contributed by atoms with van der Waals surface area (Å²) in [4.78, 5) is 1.60. The van der Waals surface area contributed by atoms with Crippen LogP contribution in [0.4, 0.5) is 5.69 Å². The molecule has 0 aliphatic heterocycles. The molecule has 0 saturated carbocycles. The lowest BCUT2D eigenvalue weighted by Crippen LogP contribution is -2.44. The monoisotopic (exact) mass is 191 g/mol. The third-order valence-electron chi connectivity index (χ3n) is 1.73. The van der Waals surface area contributed by atoms with Gasteiger partial charge in [-0.25, -0.2) is 0 Å². The quantitative estimate of drug-likeness (QED) is 0.386. The standard InChI is InChI=1S/C9H13N5/c1-14(9(12)13-8(10)11)7-5-3-2-4-6-7/h2-6H,1H3,(H5,10,11,12,13). The Morgan fingerprint density at radius 1 is 1.29 bits per heavy atom. The molecule has 0 heterocycles. The smallest absolute Gasteiger partial charge is 0.202 e. The highest BCUT2D eigenvalue weighted by Crippen LogP contribution is 2.09. The van der Waals surface area contributed by atoms with E-state index < -0.39 is 0 Å². The second-order valence-corrected chi connectivity index (χ2v) is 2.78. The molecule has 0 unspecified atom stereocenters. The summed E-state index contributed by atoms with van der Waals surface area (Å²) in [6.07, 6.45) is 0. The molecule has 0 fully saturated rings. The molecule has 5 nitrogen and oxygen atoms in total. The summed E-state index contributed by atoms with van der Waals surface area (Å²) in [5.41, 5.74) is 5.98. The third kappa shape index (κ3) is 2.48. The number of benzene rings is 1. The van der Waals surface area contributed by atoms with Crippen molar-refractivity contribution in [1.29, 1.82) is 10.8 Å². The van der Waals surface area contributed by atoms with Gasteiger partial charge in [-0.2, -0.15) is 0 Å². The van der Waals surface area contributed by atoms with E-state index in [0.717, 1.165) is 5.69 Å². The first kappa shape index (κ1) is 10.0. The molecule has 0 spiro atoms. The van der Waals surface area contributed by atoms with Gasteiger partial charge in [0.25, 0.3) is 0 Å². The van der Waals surface area contributed by atoms with Gasteiger partial charge in [0.2, 0.25) is 5.96 Å². The normalized spacial score (nSPS) is 9.21. The van der Waals surface area contributed by atoms with Gasteiger partial charge in [-0.05, 0) is 12.1 Å². The molecule has 0 aromatic heterocycles. The lowest BCUT2D eigenvalue weighted by molar-refractivity contribution is 1.11. The molecule has 0 aliphatic carbocycles. The van der Waals surface area contributed by atoms with E-state index in [-0.39, 0.29) is 11.9 Å². The fourth-order valence-electron chi connectivity index (χ4n) is 0.992. The van der Waals surface area contributed by atoms with Crippen LogP contribution in [0.25, 0.3) is 0 Å². The summed E-state index contributed by atoms with van der Waals surface area (Å²) in [5.74, 6) is -0.165. The van der Waals surface area contributed by atoms with Crippen molar-refractivity contribution in [2.75, 3.05) is 11.9 Å². The van der Waals surface area contributed by atoms with Crippen LogP contribution in [0, 0.1) is 10.8 Å². The number of nitrogens with zero attached hydrogens (tertiary/aromatic N) is 1. The van der Waals surface area contributed by atoms with E-state index in [1.165, 1.54) is 0 Å². The van der Waals surface area contributed by atoms with E-state index in [2.05, 4.69) is 5.32 Å². The predicted molar refractivity (Wildman–Crippen MR) is 57.6 cm³/mol. The molecular weight excluding hydrogens is 178 g/mol. The number of nitrogens with two attached hydrogens (primary N) is 1. The van der Waals surface area contributed by atoms with E-state index in [1.54, 1.807) is 11.9 Å². The Labute approximate surface area is 82.5 Å². The predicted octanol–water partition coefficient (Wildman–Crippen LogP) is 0.541. The fourth-order valence-corrected chi connectivity index (χ4v) is 0.992. The molecule has 0 amide bonds. The van der Waals surface area contributed by atoms with Crippen molar-refractivity contribution >= 4 is 17.6 Å². The van der Waals surface area contributed by atoms with Crippen molar-refractivity contribution in [1.82, 2.24) is 5.32 Å². The maximum Gasteiger partial charge on any atom is 0.202 e. The molecule has 0 atom stereocenters. The average Bonchev–Trinajstić information content (AvgIpc) is 2.17. The number of rotatable bonds is 1. The molecule has 14 heavy (non-hydrogen) atoms. The molecule has 5 N–H and O–H groups in total. The number of nitrogens with one attached hydrogen (secondary N) is 3. The highest BCUT2D eigenvalue weighted by Gasteiger charge is 2.05. The zero-order valence-electron chi connectivity index (χ0n) is 7.91. The van der Waals surface area contributed by atoms with Crippen LogP contribution in [0.2, 0.25) is 0 Å². The average molecular weight is 191 g/mol. The van der Waals surface area contributed by atoms with Crippen molar-refractivity contribution in [2.24, 2.45) is 5.73 Å². The number of hydrogen-bond acceptors (Lipinski definition) is 2. The Kier molecular flexibility index (Phi) is 3.06. The first-order valence-corrected chi connectivity index (χ1v) is 4.09. The highest BCUT2D eigenvalue weighted by molar-refractivity contribution is 6.03. The summed E-state index contributed by atoms with van der Waals surface area (Å²) in [6.45, 7) is 0. The zero-order chi connectivity index (χ0) is 10.6. The Bertz CT molecular complexity index is 332. The number of guanidine groups is 2. The van der Waals surface area contributed by atoms with Gasteiger partial charge in [0.1, 0.15) is 0 Å². The van der Waals surface area contributed by atoms with E-state index in [1.807, 2.05) is 30.3 Å². The summed E-state index contributed by atoms with van der Waals surface area (Å²) < 4.78 is 0. The third-order valence-corrected chi connectivity index (χ3v) is 1.73. The summed E-state index contributed by atoms with van der Waals surface area (Å²) >= 11 is 0. The summed E-state index contributed by atoms with van der Waals surface area (Å²) in [6, 6.07) is 9.41. The topological polar surface area (TPSA) is 89.0 Å². The largest absolute Gasteiger partial charge is 0.370 e. The SMILES string of the molecule is CN(C(=N)NC(=N)N)c1ccccc1. The van der Waals surface area contributed by atoms with E-state index in [0.29, 0.717) is 0 Å². The molecular formula is C9H13N5. The van der Waals surface area contributed by atoms with Crippen LogP contribution in [-0.2, 0) is 0 Å². The minimum Gasteiger partial charge on any atom is -0.370 e. The van der Waals surface area contributed by atoms with Crippen LogP contribution in [0.15, 0.2) is 30.3 Å². The Balaban J connectivity index is 2.71. The van der Waals surface area contributed by atoms with Gasteiger partial charge in [-0.3, -0.25) is 16.1 Å². The van der Waals surface area contributed by atoms with Crippen LogP contribution in [0.1, 0.15) is 0 Å². The number of para-hydroxylation sites is 1. The van der Waals surface area contributed by atoms with Gasteiger partial charge >= 0.3 is 0 Å². The Morgan fingerprint density at radius 2 is 1.86 bits per heavy atom. The maximum absolute atomic E-state index is 7.56. The summed E-state index contributed by atoms with van der Waals surface area (Å²) in [5, 5.41) is 16.9. The van der Waals surface area contributed by atoms with Gasteiger partial charge in [0, 0.05) is 12.7 Å². The second kappa shape index (κ2) is 4.27. The van der Waals surface area contributed by atoms with E-state index >= 15 is 0 Å². The van der Waals surface area contributed by atoms with Crippen molar-refractivity contribution in [2.45, 2.75) is 0 Å². The lowest BCUT2D eigenvalue weighted by Gasteiger charge is -2.19. The number of anilines is 1. The molecule has 1 aromatic carbocycles. The van der Waals surface area contributed by atoms with Gasteiger partial charge in [0.05, 0.1) is 0 Å². The molecule has 1 rings (SSSR count). The van der Waals surface area contributed by atoms with Crippen molar-refractivity contribution in [3.05, 3.63) is 30.3 Å². The van der Waals surface area contributed by atoms with Crippen molar-refractivity contribution < 1.29 is 0 Å². The molecule has 1 aromatic rings. The highest BCUT2D eigenvalue weighted by atomic mass is 15.3. The lowest BCUT2D eigenvalue weighted by atomic mass is 10.3. The van der Waals surface area contributed by atoms with Crippen LogP contribution in [-0.4, -0.2) is 19.0 Å². The molecule has 0 radical (unpaired) electrons. The van der Waals surface area contributed by atoms with Crippen LogP contribution in [0.5, 0.6) is 0 Å². The van der Waals surface area contributed by atoms with Gasteiger partial charge in [-0.15, -0.1) is 0 Å². The van der Waals surface area contributed by atoms with Crippen molar-refractivity contribution in [3.63, 3.8) is 0 Å². The van der Waals surface area contributed by atoms with Crippen LogP contribution >= 0.6 is 0 Å². The van der Waals surface area contributed by atoms with E-state index in [9.17, 15) is 0 Å². The first-order chi connectivity index (χ1) is 6.61. The van der Waals surface area contributed by atoms with Gasteiger partial charge in [-0.1, -0.05) is 18.2 Å². The van der Waals surface area contributed by atoms with Crippen LogP contribution in [0.3, 0.4) is 0 Å². The molecule has 74 valence electrons. The van der Waals surface area contributed by atoms with Gasteiger partial charge < -0.3 is 10.6 Å². The minimum absolute atomic E-state index is 0.0729. The Morgan fingerprint density at radius 3 is 2.36 bits per heavy atom. The van der Waals surface area contributed by atoms with E-state index in [4.69, 9.17) is 16.6 Å². The van der Waals surface area contributed by atoms with Crippen LogP contribution < -0.4 is 16.0 Å². The molecule has 5 heteroatoms. The first-order valence-electron chi connectivity index (χ1n) is 4.09. The Hall–Kier alpha value is -2.04. The maximum atomic E-state index is 7.56. The fraction of sp³-hybridized carbons (Fsp3) is 0.111. The number of hydrogen-bond donors (Lipinski definition) is 4. The molecule has 0 aliphatic rings.